The first-order valence-corrected chi connectivity index (χ1v) is 3.08. The van der Waals surface area contributed by atoms with Gasteiger partial charge in [-0.2, -0.15) is 0 Å². The summed E-state index contributed by atoms with van der Waals surface area (Å²) in [6.45, 7) is 0.571. The van der Waals surface area contributed by atoms with Crippen molar-refractivity contribution in [3.63, 3.8) is 0 Å². The van der Waals surface area contributed by atoms with Crippen molar-refractivity contribution in [3.05, 3.63) is 0 Å². The van der Waals surface area contributed by atoms with Gasteiger partial charge in [0.25, 0.3) is 0 Å². The lowest BCUT2D eigenvalue weighted by Gasteiger charge is -1.99. The van der Waals surface area contributed by atoms with Gasteiger partial charge in [-0.25, -0.2) is 0 Å². The van der Waals surface area contributed by atoms with E-state index in [1.54, 1.807) is 11.8 Å². The highest BCUT2D eigenvalue weighted by Gasteiger charge is 1.89. The Morgan fingerprint density at radius 3 is 2.33 bits per heavy atom. The van der Waals surface area contributed by atoms with Crippen molar-refractivity contribution in [1.29, 1.82) is 0 Å². The van der Waals surface area contributed by atoms with E-state index in [1.165, 1.54) is 0 Å². The molecule has 0 spiro atoms. The summed E-state index contributed by atoms with van der Waals surface area (Å²) in [5, 5.41) is 0.130. The third-order valence-corrected chi connectivity index (χ3v) is 1.33. The van der Waals surface area contributed by atoms with Crippen molar-refractivity contribution in [2.75, 3.05) is 12.8 Å². The van der Waals surface area contributed by atoms with Crippen LogP contribution in [0.25, 0.3) is 0 Å². The topological polar surface area (TPSA) is 52.0 Å². The zero-order valence-corrected chi connectivity index (χ0v) is 4.66. The van der Waals surface area contributed by atoms with Crippen molar-refractivity contribution in [3.8, 4) is 0 Å². The van der Waals surface area contributed by atoms with Gasteiger partial charge >= 0.3 is 0 Å². The highest BCUT2D eigenvalue weighted by atomic mass is 32.2. The maximum absolute atomic E-state index is 5.31. The van der Waals surface area contributed by atoms with E-state index in [9.17, 15) is 0 Å². The molecule has 0 aromatic heterocycles. The van der Waals surface area contributed by atoms with Crippen LogP contribution in [-0.2, 0) is 0 Å². The Morgan fingerprint density at radius 2 is 2.33 bits per heavy atom. The summed E-state index contributed by atoms with van der Waals surface area (Å²) < 4.78 is 0. The third kappa shape index (κ3) is 2.50. The van der Waals surface area contributed by atoms with E-state index in [-0.39, 0.29) is 5.37 Å². The summed E-state index contributed by atoms with van der Waals surface area (Å²) in [7, 11) is 0. The molecule has 0 heterocycles. The number of hydrogen-bond acceptors (Lipinski definition) is 3. The van der Waals surface area contributed by atoms with Crippen LogP contribution in [0.2, 0.25) is 0 Å². The average Bonchev–Trinajstić information content (AvgIpc) is 1.65. The van der Waals surface area contributed by atoms with Gasteiger partial charge < -0.3 is 11.5 Å². The fourth-order valence-corrected chi connectivity index (χ4v) is 0.289. The molecule has 0 aromatic rings. The fraction of sp³-hybridized carbons (Fsp3) is 1.00. The van der Waals surface area contributed by atoms with E-state index < -0.39 is 0 Å². The molecule has 3 heteroatoms. The highest BCUT2D eigenvalue weighted by Crippen LogP contribution is 1.93. The van der Waals surface area contributed by atoms with E-state index in [0.717, 1.165) is 0 Å². The van der Waals surface area contributed by atoms with Crippen molar-refractivity contribution in [2.24, 2.45) is 11.5 Å². The van der Waals surface area contributed by atoms with Gasteiger partial charge in [0.15, 0.2) is 0 Å². The zero-order chi connectivity index (χ0) is 4.99. The largest absolute Gasteiger partial charge is 0.328 e. The van der Waals surface area contributed by atoms with E-state index in [4.69, 9.17) is 11.5 Å². The van der Waals surface area contributed by atoms with Crippen LogP contribution in [0.4, 0.5) is 0 Å². The zero-order valence-electron chi connectivity index (χ0n) is 3.85. The molecule has 0 aromatic carbocycles. The van der Waals surface area contributed by atoms with Crippen LogP contribution < -0.4 is 11.5 Å². The van der Waals surface area contributed by atoms with Crippen LogP contribution in [0.1, 0.15) is 0 Å². The molecular weight excluding hydrogens is 96.1 g/mol. The normalized spacial score (nSPS) is 14.5. The first-order valence-electron chi connectivity index (χ1n) is 1.79. The van der Waals surface area contributed by atoms with Crippen molar-refractivity contribution >= 4 is 11.8 Å². The Morgan fingerprint density at radius 1 is 1.83 bits per heavy atom. The molecule has 0 radical (unpaired) electrons. The quantitative estimate of drug-likeness (QED) is 0.471. The lowest BCUT2D eigenvalue weighted by molar-refractivity contribution is 0.915. The predicted octanol–water partition coefficient (Wildman–Crippen LogP) is -0.407. The lowest BCUT2D eigenvalue weighted by atomic mass is 10.7. The number of thioether (sulfide) groups is 1. The molecular formula is C3H10N2S. The minimum Gasteiger partial charge on any atom is -0.328 e. The maximum Gasteiger partial charge on any atom is 0.0628 e. The van der Waals surface area contributed by atoms with Gasteiger partial charge in [-0.05, 0) is 6.26 Å². The minimum atomic E-state index is 0.130. The first kappa shape index (κ1) is 6.27. The van der Waals surface area contributed by atoms with Gasteiger partial charge in [0.1, 0.15) is 0 Å². The molecule has 38 valence electrons. The number of rotatable bonds is 2. The highest BCUT2D eigenvalue weighted by molar-refractivity contribution is 7.99. The molecule has 1 atom stereocenters. The maximum atomic E-state index is 5.31. The minimum absolute atomic E-state index is 0.130. The number of hydrogen-bond donors (Lipinski definition) is 2. The predicted molar refractivity (Wildman–Crippen MR) is 30.5 cm³/mol. The lowest BCUT2D eigenvalue weighted by Crippen LogP contribution is -2.25. The second-order valence-electron chi connectivity index (χ2n) is 1.01. The SMILES string of the molecule is CSC(N)CN. The van der Waals surface area contributed by atoms with E-state index in [0.29, 0.717) is 6.54 Å². The van der Waals surface area contributed by atoms with Gasteiger partial charge in [-0.15, -0.1) is 11.8 Å². The smallest absolute Gasteiger partial charge is 0.0628 e. The third-order valence-electron chi connectivity index (χ3n) is 0.535. The second kappa shape index (κ2) is 3.46. The molecule has 1 unspecified atom stereocenters. The molecule has 0 fully saturated rings. The van der Waals surface area contributed by atoms with Gasteiger partial charge in [0.05, 0.1) is 5.37 Å². The van der Waals surface area contributed by atoms with Crippen molar-refractivity contribution in [1.82, 2.24) is 0 Å². The van der Waals surface area contributed by atoms with E-state index in [2.05, 4.69) is 0 Å². The summed E-state index contributed by atoms with van der Waals surface area (Å²) in [5.74, 6) is 0. The van der Waals surface area contributed by atoms with Gasteiger partial charge in [-0.1, -0.05) is 0 Å². The molecule has 0 amide bonds. The van der Waals surface area contributed by atoms with Crippen molar-refractivity contribution in [2.45, 2.75) is 5.37 Å². The Kier molecular flexibility index (Phi) is 3.62. The average molecular weight is 106 g/mol. The molecule has 0 rings (SSSR count). The Balaban J connectivity index is 2.75. The first-order chi connectivity index (χ1) is 2.81. The van der Waals surface area contributed by atoms with Crippen LogP contribution in [0.5, 0.6) is 0 Å². The summed E-state index contributed by atoms with van der Waals surface area (Å²) in [5.41, 5.74) is 10.4. The summed E-state index contributed by atoms with van der Waals surface area (Å²) in [6, 6.07) is 0. The summed E-state index contributed by atoms with van der Waals surface area (Å²) >= 11 is 1.58. The summed E-state index contributed by atoms with van der Waals surface area (Å²) in [6.07, 6.45) is 1.94. The van der Waals surface area contributed by atoms with Crippen LogP contribution in [-0.4, -0.2) is 18.2 Å². The molecule has 0 aliphatic heterocycles. The molecule has 6 heavy (non-hydrogen) atoms. The molecule has 0 saturated heterocycles. The van der Waals surface area contributed by atoms with Crippen LogP contribution in [0, 0.1) is 0 Å². The van der Waals surface area contributed by atoms with Gasteiger partial charge in [-0.3, -0.25) is 0 Å². The monoisotopic (exact) mass is 106 g/mol. The van der Waals surface area contributed by atoms with Crippen LogP contribution in [0.15, 0.2) is 0 Å². The van der Waals surface area contributed by atoms with Gasteiger partial charge in [0, 0.05) is 6.54 Å². The number of nitrogens with two attached hydrogens (primary N) is 2. The molecule has 2 nitrogen and oxygen atoms in total. The summed E-state index contributed by atoms with van der Waals surface area (Å²) in [4.78, 5) is 0. The molecule has 0 aliphatic rings. The standard InChI is InChI=1S/C3H10N2S/c1-6-3(5)2-4/h3H,2,4-5H2,1H3. The van der Waals surface area contributed by atoms with Crippen molar-refractivity contribution < 1.29 is 0 Å². The Hall–Kier alpha value is 0.270. The van der Waals surface area contributed by atoms with E-state index >= 15 is 0 Å². The molecule has 0 saturated carbocycles. The molecule has 4 N–H and O–H groups in total. The fourth-order valence-electron chi connectivity index (χ4n) is 0.0962. The Bertz CT molecular complexity index is 28.0. The second-order valence-corrected chi connectivity index (χ2v) is 2.09. The van der Waals surface area contributed by atoms with Crippen LogP contribution >= 0.6 is 11.8 Å². The van der Waals surface area contributed by atoms with Gasteiger partial charge in [0.2, 0.25) is 0 Å². The Labute approximate surface area is 42.3 Å². The molecule has 0 aliphatic carbocycles. The molecule has 0 bridgehead atoms. The van der Waals surface area contributed by atoms with E-state index in [1.807, 2.05) is 6.26 Å². The van der Waals surface area contributed by atoms with Crippen LogP contribution in [0.3, 0.4) is 0 Å².